The average Bonchev–Trinajstić information content (AvgIpc) is 2.51. The molecule has 0 aromatic rings. The Kier molecular flexibility index (Phi) is 6.21. The number of carbonyl (C=O) groups excluding carboxylic acids is 4. The van der Waals surface area contributed by atoms with Crippen molar-refractivity contribution in [2.24, 2.45) is 0 Å². The fourth-order valence-corrected chi connectivity index (χ4v) is 9.49. The van der Waals surface area contributed by atoms with E-state index in [9.17, 15) is 19.2 Å². The van der Waals surface area contributed by atoms with E-state index in [1.165, 1.54) is 0 Å². The van der Waals surface area contributed by atoms with Gasteiger partial charge in [0.1, 0.15) is 0 Å². The molecular weight excluding hydrogens is 391 g/mol. The maximum absolute atomic E-state index is 12.7. The maximum atomic E-state index is 12.7. The van der Waals surface area contributed by atoms with Gasteiger partial charge in [-0.05, 0) is 0 Å². The summed E-state index contributed by atoms with van der Waals surface area (Å²) in [7, 11) is 0. The van der Waals surface area contributed by atoms with Crippen LogP contribution < -0.4 is 0 Å². The summed E-state index contributed by atoms with van der Waals surface area (Å²) in [5, 5.41) is 0. The molecule has 6 nitrogen and oxygen atoms in total. The summed E-state index contributed by atoms with van der Waals surface area (Å²) < 4.78 is -1.49. The molecule has 0 amide bonds. The normalized spacial score (nSPS) is 39.0. The number of rotatable bonds is 0. The summed E-state index contributed by atoms with van der Waals surface area (Å²) >= 11 is -0.150. The molecule has 0 atom stereocenters. The van der Waals surface area contributed by atoms with Crippen LogP contribution in [-0.2, 0) is 32.0 Å². The summed E-state index contributed by atoms with van der Waals surface area (Å²) in [6, 6.07) is 0. The van der Waals surface area contributed by atoms with Crippen molar-refractivity contribution in [3.63, 3.8) is 0 Å². The first-order valence-corrected chi connectivity index (χ1v) is 12.7. The molecule has 3 bridgehead atoms. The van der Waals surface area contributed by atoms with Crippen LogP contribution in [0.4, 0.5) is 0 Å². The van der Waals surface area contributed by atoms with Crippen molar-refractivity contribution in [3.05, 3.63) is 0 Å². The second kappa shape index (κ2) is 8.01. The molecule has 5 aliphatic rings. The van der Waals surface area contributed by atoms with E-state index in [2.05, 4.69) is 0 Å². The van der Waals surface area contributed by atoms with Crippen LogP contribution >= 0.6 is 23.5 Å². The molecule has 0 aliphatic carbocycles. The van der Waals surface area contributed by atoms with Gasteiger partial charge in [0, 0.05) is 0 Å². The molecule has 5 aliphatic heterocycles. The van der Waals surface area contributed by atoms with Gasteiger partial charge in [0.15, 0.2) is 0 Å². The molecule has 9 heteroatoms. The van der Waals surface area contributed by atoms with Gasteiger partial charge in [-0.15, -0.1) is 0 Å². The van der Waals surface area contributed by atoms with Crippen LogP contribution in [0.25, 0.3) is 0 Å². The molecule has 0 saturated carbocycles. The van der Waals surface area contributed by atoms with E-state index >= 15 is 0 Å². The standard InChI is InChI=1S/C15H22N2O4S2.Mn/c18-8-2-16(3-9-19)6-14-22-12-1-13-23-15-7-17(4-10-20)5-11-21;/h1-7,12-15H2;. The minimum atomic E-state index is -3.81. The van der Waals surface area contributed by atoms with Crippen molar-refractivity contribution in [1.82, 2.24) is 9.80 Å². The number of hydrogen-bond donors (Lipinski definition) is 0. The van der Waals surface area contributed by atoms with Gasteiger partial charge in [-0.25, -0.2) is 0 Å². The summed E-state index contributed by atoms with van der Waals surface area (Å²) in [6.45, 7) is 1.68. The zero-order valence-corrected chi connectivity index (χ0v) is 16.3. The SMILES string of the molecule is O=[C]1CN2CCSCCCSCCN3C[C](=O)[Mn]1([C](=O)C2)[C](=O)C3. The Labute approximate surface area is 152 Å². The van der Waals surface area contributed by atoms with Gasteiger partial charge in [-0.1, -0.05) is 0 Å². The van der Waals surface area contributed by atoms with Crippen LogP contribution in [0.1, 0.15) is 6.42 Å². The van der Waals surface area contributed by atoms with Crippen LogP contribution in [0.5, 0.6) is 0 Å². The molecule has 0 radical (unpaired) electrons. The van der Waals surface area contributed by atoms with E-state index in [4.69, 9.17) is 0 Å². The Bertz CT molecular complexity index is 484. The fourth-order valence-electron chi connectivity index (χ4n) is 3.05. The van der Waals surface area contributed by atoms with E-state index in [-0.39, 0.29) is 44.9 Å². The van der Waals surface area contributed by atoms with Gasteiger partial charge in [-0.2, -0.15) is 0 Å². The van der Waals surface area contributed by atoms with E-state index in [0.717, 1.165) is 29.4 Å². The number of nitrogens with zero attached hydrogens (tertiary/aromatic N) is 2. The van der Waals surface area contributed by atoms with Gasteiger partial charge in [0.05, 0.1) is 0 Å². The van der Waals surface area contributed by atoms with Crippen LogP contribution in [0.3, 0.4) is 0 Å². The van der Waals surface area contributed by atoms with Gasteiger partial charge in [-0.3, -0.25) is 0 Å². The van der Waals surface area contributed by atoms with Crippen molar-refractivity contribution in [2.45, 2.75) is 6.42 Å². The Morgan fingerprint density at radius 3 is 1.38 bits per heavy atom. The number of fused-ring (bicyclic) bond motifs is 2. The molecule has 5 rings (SSSR count). The summed E-state index contributed by atoms with van der Waals surface area (Å²) in [4.78, 5) is 54.4. The van der Waals surface area contributed by atoms with E-state index in [1.807, 2.05) is 33.3 Å². The minimum absolute atomic E-state index is 0.0899. The first-order valence-electron chi connectivity index (χ1n) is 8.04. The number of hydrogen-bond acceptors (Lipinski definition) is 8. The summed E-state index contributed by atoms with van der Waals surface area (Å²) in [5.74, 6) is 3.91. The monoisotopic (exact) mass is 413 g/mol. The third kappa shape index (κ3) is 3.52. The molecule has 1 spiro atoms. The van der Waals surface area contributed by atoms with Crippen LogP contribution in [0.15, 0.2) is 0 Å². The third-order valence-electron chi connectivity index (χ3n) is 4.34. The molecule has 5 saturated heterocycles. The molecular formula is C15H22MnN2O4S2. The molecule has 135 valence electrons. The zero-order chi connectivity index (χ0) is 17.2. The second-order valence-electron chi connectivity index (χ2n) is 5.99. The van der Waals surface area contributed by atoms with E-state index in [0.29, 0.717) is 13.1 Å². The zero-order valence-electron chi connectivity index (χ0n) is 13.5. The third-order valence-corrected chi connectivity index (χ3v) is 11.1. The first-order chi connectivity index (χ1) is 11.5. The van der Waals surface area contributed by atoms with Gasteiger partial charge < -0.3 is 0 Å². The summed E-state index contributed by atoms with van der Waals surface area (Å²) in [6.07, 6.45) is 1.13. The van der Waals surface area contributed by atoms with Crippen molar-refractivity contribution in [1.29, 1.82) is 0 Å². The molecule has 0 aromatic heterocycles. The molecule has 0 aromatic carbocycles. The Hall–Kier alpha value is -0.181. The topological polar surface area (TPSA) is 74.8 Å². The van der Waals surface area contributed by atoms with E-state index in [1.54, 1.807) is 0 Å². The van der Waals surface area contributed by atoms with E-state index < -0.39 is 12.8 Å². The molecule has 5 fully saturated rings. The second-order valence-corrected chi connectivity index (χ2v) is 12.8. The molecule has 5 heterocycles. The van der Waals surface area contributed by atoms with Crippen LogP contribution in [0, 0.1) is 0 Å². The fraction of sp³-hybridized carbons (Fsp3) is 0.733. The van der Waals surface area contributed by atoms with Gasteiger partial charge >= 0.3 is 153 Å². The van der Waals surface area contributed by atoms with Crippen LogP contribution in [-0.4, -0.2) is 90.8 Å². The average molecular weight is 413 g/mol. The summed E-state index contributed by atoms with van der Waals surface area (Å²) in [5.41, 5.74) is 0. The van der Waals surface area contributed by atoms with Crippen molar-refractivity contribution < 1.29 is 32.0 Å². The Morgan fingerprint density at radius 2 is 1.00 bits per heavy atom. The number of thioether (sulfide) groups is 2. The quantitative estimate of drug-likeness (QED) is 0.504. The number of carbonyl (C=O) groups is 4. The van der Waals surface area contributed by atoms with Crippen molar-refractivity contribution >= 4 is 42.3 Å². The van der Waals surface area contributed by atoms with Gasteiger partial charge in [0.2, 0.25) is 0 Å². The van der Waals surface area contributed by atoms with Crippen molar-refractivity contribution in [3.8, 4) is 0 Å². The van der Waals surface area contributed by atoms with Crippen LogP contribution in [0.2, 0.25) is 0 Å². The molecule has 24 heavy (non-hydrogen) atoms. The van der Waals surface area contributed by atoms with Gasteiger partial charge in [0.25, 0.3) is 0 Å². The predicted octanol–water partition coefficient (Wildman–Crippen LogP) is -0.252. The Balaban J connectivity index is 1.83. The van der Waals surface area contributed by atoms with Crippen molar-refractivity contribution in [2.75, 3.05) is 62.3 Å². The predicted molar refractivity (Wildman–Crippen MR) is 92.2 cm³/mol. The first kappa shape index (κ1) is 18.6. The molecule has 0 unspecified atom stereocenters. The molecule has 0 N–H and O–H groups in total. The Morgan fingerprint density at radius 1 is 0.625 bits per heavy atom.